The predicted octanol–water partition coefficient (Wildman–Crippen LogP) is 3.92. The van der Waals surface area contributed by atoms with E-state index >= 15 is 0 Å². The lowest BCUT2D eigenvalue weighted by Crippen LogP contribution is -2.11. The molecule has 0 bridgehead atoms. The third-order valence-corrected chi connectivity index (χ3v) is 3.33. The van der Waals surface area contributed by atoms with Crippen LogP contribution >= 0.6 is 0 Å². The van der Waals surface area contributed by atoms with Gasteiger partial charge in [0.05, 0.1) is 7.11 Å². The first-order valence-corrected chi connectivity index (χ1v) is 6.80. The minimum absolute atomic E-state index is 0.253. The molecule has 1 N–H and O–H groups in total. The first-order valence-electron chi connectivity index (χ1n) is 6.80. The molecule has 0 radical (unpaired) electrons. The van der Waals surface area contributed by atoms with Crippen LogP contribution in [0.1, 0.15) is 18.1 Å². The maximum atomic E-state index is 13.5. The summed E-state index contributed by atoms with van der Waals surface area (Å²) >= 11 is 0. The lowest BCUT2D eigenvalue weighted by molar-refractivity contribution is 0.415. The summed E-state index contributed by atoms with van der Waals surface area (Å²) in [6, 6.07) is 10.9. The highest BCUT2D eigenvalue weighted by atomic mass is 19.1. The van der Waals surface area contributed by atoms with Crippen LogP contribution in [-0.2, 0) is 6.54 Å². The van der Waals surface area contributed by atoms with Gasteiger partial charge in [0, 0.05) is 12.1 Å². The fraction of sp³-hybridized carbons (Fsp3) is 0.294. The van der Waals surface area contributed by atoms with Crippen LogP contribution in [-0.4, -0.2) is 13.7 Å². The van der Waals surface area contributed by atoms with E-state index < -0.39 is 0 Å². The number of nitrogens with one attached hydrogen (secondary N) is 1. The van der Waals surface area contributed by atoms with Crippen molar-refractivity contribution in [3.63, 3.8) is 0 Å². The highest BCUT2D eigenvalue weighted by molar-refractivity contribution is 5.73. The van der Waals surface area contributed by atoms with Crippen molar-refractivity contribution in [1.82, 2.24) is 5.32 Å². The summed E-state index contributed by atoms with van der Waals surface area (Å²) in [6.45, 7) is 5.83. The van der Waals surface area contributed by atoms with Crippen LogP contribution in [0.2, 0.25) is 0 Å². The average molecular weight is 273 g/mol. The van der Waals surface area contributed by atoms with Gasteiger partial charge in [0.25, 0.3) is 0 Å². The van der Waals surface area contributed by atoms with Gasteiger partial charge in [0.1, 0.15) is 11.6 Å². The Hall–Kier alpha value is -1.87. The van der Waals surface area contributed by atoms with Crippen molar-refractivity contribution in [2.24, 2.45) is 0 Å². The van der Waals surface area contributed by atoms with Crippen molar-refractivity contribution in [3.05, 3.63) is 53.3 Å². The molecule has 0 amide bonds. The van der Waals surface area contributed by atoms with Crippen LogP contribution in [0.3, 0.4) is 0 Å². The van der Waals surface area contributed by atoms with Crippen LogP contribution in [0.15, 0.2) is 36.4 Å². The van der Waals surface area contributed by atoms with Crippen LogP contribution in [0.5, 0.6) is 5.75 Å². The van der Waals surface area contributed by atoms with Gasteiger partial charge >= 0.3 is 0 Å². The molecule has 0 aliphatic carbocycles. The van der Waals surface area contributed by atoms with Crippen molar-refractivity contribution in [3.8, 4) is 16.9 Å². The quantitative estimate of drug-likeness (QED) is 0.891. The Labute approximate surface area is 119 Å². The maximum absolute atomic E-state index is 13.5. The van der Waals surface area contributed by atoms with Gasteiger partial charge in [-0.15, -0.1) is 0 Å². The average Bonchev–Trinajstić information content (AvgIpc) is 2.46. The minimum Gasteiger partial charge on any atom is -0.496 e. The number of aryl methyl sites for hydroxylation is 1. The Bertz CT molecular complexity index is 596. The molecule has 2 aromatic carbocycles. The van der Waals surface area contributed by atoms with Crippen molar-refractivity contribution < 1.29 is 9.13 Å². The zero-order valence-corrected chi connectivity index (χ0v) is 12.2. The molecule has 3 heteroatoms. The van der Waals surface area contributed by atoms with Crippen LogP contribution in [0, 0.1) is 12.7 Å². The van der Waals surface area contributed by atoms with Gasteiger partial charge in [0.2, 0.25) is 0 Å². The Balaban J connectivity index is 2.48. The van der Waals surface area contributed by atoms with Crippen molar-refractivity contribution in [1.29, 1.82) is 0 Å². The number of hydrogen-bond donors (Lipinski definition) is 1. The minimum atomic E-state index is -0.253. The van der Waals surface area contributed by atoms with E-state index in [1.165, 1.54) is 17.7 Å². The highest BCUT2D eigenvalue weighted by Crippen LogP contribution is 2.33. The van der Waals surface area contributed by atoms with Crippen molar-refractivity contribution in [2.45, 2.75) is 20.4 Å². The molecule has 0 spiro atoms. The van der Waals surface area contributed by atoms with E-state index in [0.29, 0.717) is 5.75 Å². The van der Waals surface area contributed by atoms with E-state index in [2.05, 4.69) is 30.4 Å². The monoisotopic (exact) mass is 273 g/mol. The van der Waals surface area contributed by atoms with Crippen LogP contribution < -0.4 is 10.1 Å². The van der Waals surface area contributed by atoms with Crippen molar-refractivity contribution in [2.75, 3.05) is 13.7 Å². The summed E-state index contributed by atoms with van der Waals surface area (Å²) < 4.78 is 18.9. The highest BCUT2D eigenvalue weighted by Gasteiger charge is 2.10. The molecule has 0 unspecified atom stereocenters. The fourth-order valence-corrected chi connectivity index (χ4v) is 2.23. The first-order chi connectivity index (χ1) is 9.65. The number of benzene rings is 2. The second-order valence-corrected chi connectivity index (χ2v) is 4.77. The van der Waals surface area contributed by atoms with E-state index in [-0.39, 0.29) is 5.82 Å². The summed E-state index contributed by atoms with van der Waals surface area (Å²) in [4.78, 5) is 0. The summed E-state index contributed by atoms with van der Waals surface area (Å²) in [6.07, 6.45) is 0. The van der Waals surface area contributed by atoms with E-state index in [1.54, 1.807) is 13.2 Å². The Morgan fingerprint density at radius 3 is 2.60 bits per heavy atom. The van der Waals surface area contributed by atoms with Crippen molar-refractivity contribution >= 4 is 0 Å². The summed E-state index contributed by atoms with van der Waals surface area (Å²) in [5.74, 6) is 0.437. The predicted molar refractivity (Wildman–Crippen MR) is 80.5 cm³/mol. The van der Waals surface area contributed by atoms with Gasteiger partial charge in [-0.05, 0) is 54.4 Å². The summed E-state index contributed by atoms with van der Waals surface area (Å²) in [7, 11) is 1.61. The van der Waals surface area contributed by atoms with Gasteiger partial charge in [-0.2, -0.15) is 0 Å². The molecule has 0 fully saturated rings. The molecule has 0 atom stereocenters. The molecule has 0 saturated carbocycles. The zero-order chi connectivity index (χ0) is 14.5. The largest absolute Gasteiger partial charge is 0.496 e. The van der Waals surface area contributed by atoms with E-state index in [1.807, 2.05) is 6.92 Å². The number of halogens is 1. The molecule has 106 valence electrons. The third kappa shape index (κ3) is 3.17. The van der Waals surface area contributed by atoms with E-state index in [0.717, 1.165) is 29.8 Å². The molecule has 2 nitrogen and oxygen atoms in total. The van der Waals surface area contributed by atoms with E-state index in [9.17, 15) is 4.39 Å². The molecule has 0 aromatic heterocycles. The molecular weight excluding hydrogens is 253 g/mol. The number of ether oxygens (including phenoxy) is 1. The second-order valence-electron chi connectivity index (χ2n) is 4.77. The second kappa shape index (κ2) is 6.53. The number of rotatable bonds is 5. The zero-order valence-electron chi connectivity index (χ0n) is 12.2. The molecule has 20 heavy (non-hydrogen) atoms. The lowest BCUT2D eigenvalue weighted by atomic mass is 9.97. The summed E-state index contributed by atoms with van der Waals surface area (Å²) in [5.41, 5.74) is 4.09. The van der Waals surface area contributed by atoms with Crippen LogP contribution in [0.25, 0.3) is 11.1 Å². The maximum Gasteiger partial charge on any atom is 0.126 e. The molecular formula is C17H20FNO. The van der Waals surface area contributed by atoms with Gasteiger partial charge < -0.3 is 10.1 Å². The Kier molecular flexibility index (Phi) is 4.74. The standard InChI is InChI=1S/C17H20FNO/c1-4-19-11-13-6-5-12(2)15(9-13)16-10-14(18)7-8-17(16)20-3/h5-10,19H,4,11H2,1-3H3. The third-order valence-electron chi connectivity index (χ3n) is 3.33. The summed E-state index contributed by atoms with van der Waals surface area (Å²) in [5, 5.41) is 3.30. The Morgan fingerprint density at radius 2 is 1.90 bits per heavy atom. The topological polar surface area (TPSA) is 21.3 Å². The molecule has 2 aromatic rings. The van der Waals surface area contributed by atoms with Gasteiger partial charge in [-0.1, -0.05) is 19.1 Å². The van der Waals surface area contributed by atoms with Gasteiger partial charge in [-0.3, -0.25) is 0 Å². The normalized spacial score (nSPS) is 10.6. The SMILES string of the molecule is CCNCc1ccc(C)c(-c2cc(F)ccc2OC)c1. The molecule has 0 aliphatic rings. The number of hydrogen-bond acceptors (Lipinski definition) is 2. The molecule has 2 rings (SSSR count). The number of methoxy groups -OCH3 is 1. The van der Waals surface area contributed by atoms with Gasteiger partial charge in [0.15, 0.2) is 0 Å². The van der Waals surface area contributed by atoms with Gasteiger partial charge in [-0.25, -0.2) is 4.39 Å². The Morgan fingerprint density at radius 1 is 1.10 bits per heavy atom. The van der Waals surface area contributed by atoms with E-state index in [4.69, 9.17) is 4.74 Å². The lowest BCUT2D eigenvalue weighted by Gasteiger charge is -2.13. The van der Waals surface area contributed by atoms with Crippen LogP contribution in [0.4, 0.5) is 4.39 Å². The fourth-order valence-electron chi connectivity index (χ4n) is 2.23. The molecule has 0 aliphatic heterocycles. The molecule has 0 heterocycles. The smallest absolute Gasteiger partial charge is 0.126 e. The first kappa shape index (κ1) is 14.5. The molecule has 0 saturated heterocycles.